The van der Waals surface area contributed by atoms with Gasteiger partial charge in [-0.3, -0.25) is 9.48 Å². The first-order valence-electron chi connectivity index (χ1n) is 9.06. The van der Waals surface area contributed by atoms with Gasteiger partial charge in [-0.05, 0) is 53.0 Å². The predicted octanol–water partition coefficient (Wildman–Crippen LogP) is 2.59. The first-order chi connectivity index (χ1) is 11.4. The molecule has 25 heavy (non-hydrogen) atoms. The van der Waals surface area contributed by atoms with Gasteiger partial charge >= 0.3 is 0 Å². The molecule has 7 heteroatoms. The number of hydrogen-bond donors (Lipinski definition) is 1. The summed E-state index contributed by atoms with van der Waals surface area (Å²) in [6, 6.07) is 0. The number of halogens is 1. The molecule has 1 aromatic rings. The van der Waals surface area contributed by atoms with E-state index in [0.29, 0.717) is 13.2 Å². The highest BCUT2D eigenvalue weighted by Crippen LogP contribution is 2.23. The number of rotatable bonds is 6. The Morgan fingerprint density at radius 1 is 1.36 bits per heavy atom. The zero-order valence-corrected chi connectivity index (χ0v) is 16.8. The molecule has 0 aromatic carbocycles. The van der Waals surface area contributed by atoms with Gasteiger partial charge in [-0.15, -0.1) is 12.4 Å². The largest absolute Gasteiger partial charge is 0.378 e. The van der Waals surface area contributed by atoms with Crippen molar-refractivity contribution < 1.29 is 9.53 Å². The summed E-state index contributed by atoms with van der Waals surface area (Å²) in [5, 5.41) is 4.47. The molecular weight excluding hydrogens is 340 g/mol. The zero-order valence-electron chi connectivity index (χ0n) is 16.0. The molecule has 1 aromatic heterocycles. The van der Waals surface area contributed by atoms with Gasteiger partial charge in [-0.1, -0.05) is 6.92 Å². The lowest BCUT2D eigenvalue weighted by Gasteiger charge is -2.32. The predicted molar refractivity (Wildman–Crippen MR) is 102 cm³/mol. The highest BCUT2D eigenvalue weighted by Gasteiger charge is 2.28. The van der Waals surface area contributed by atoms with Gasteiger partial charge in [0.15, 0.2) is 0 Å². The number of amides is 1. The van der Waals surface area contributed by atoms with Gasteiger partial charge in [-0.2, -0.15) is 5.10 Å². The maximum Gasteiger partial charge on any atom is 0.257 e. The average molecular weight is 373 g/mol. The third kappa shape index (κ3) is 5.43. The van der Waals surface area contributed by atoms with Crippen LogP contribution in [0.15, 0.2) is 6.20 Å². The Kier molecular flexibility index (Phi) is 8.38. The molecule has 1 saturated heterocycles. The van der Waals surface area contributed by atoms with Crippen molar-refractivity contribution in [2.24, 2.45) is 5.73 Å². The van der Waals surface area contributed by atoms with E-state index in [1.54, 1.807) is 6.20 Å². The number of likely N-dealkylation sites (tertiary alicyclic amines) is 1. The Hall–Kier alpha value is -1.11. The molecule has 2 heterocycles. The number of carbonyl (C=O) groups is 1. The van der Waals surface area contributed by atoms with Crippen LogP contribution in [-0.2, 0) is 16.7 Å². The van der Waals surface area contributed by atoms with Gasteiger partial charge in [0.25, 0.3) is 5.91 Å². The van der Waals surface area contributed by atoms with Gasteiger partial charge in [-0.25, -0.2) is 0 Å². The molecule has 0 radical (unpaired) electrons. The fourth-order valence-electron chi connectivity index (χ4n) is 3.20. The molecule has 144 valence electrons. The lowest BCUT2D eigenvalue weighted by atomic mass is 10.0. The highest BCUT2D eigenvalue weighted by molar-refractivity contribution is 5.95. The lowest BCUT2D eigenvalue weighted by molar-refractivity contribution is 0.00841. The van der Waals surface area contributed by atoms with Crippen LogP contribution in [0.4, 0.5) is 0 Å². The Morgan fingerprint density at radius 3 is 2.52 bits per heavy atom. The number of piperidine rings is 1. The van der Waals surface area contributed by atoms with E-state index in [-0.39, 0.29) is 30.0 Å². The molecule has 1 fully saturated rings. The number of hydrogen-bond acceptors (Lipinski definition) is 4. The van der Waals surface area contributed by atoms with E-state index in [4.69, 9.17) is 10.5 Å². The molecule has 0 atom stereocenters. The second kappa shape index (κ2) is 9.55. The van der Waals surface area contributed by atoms with E-state index in [2.05, 4.69) is 32.8 Å². The first kappa shape index (κ1) is 21.9. The van der Waals surface area contributed by atoms with Crippen molar-refractivity contribution in [3.8, 4) is 0 Å². The molecular formula is C18H33ClN4O2. The second-order valence-electron chi connectivity index (χ2n) is 7.45. The number of carbonyl (C=O) groups excluding carboxylic acids is 1. The fourth-order valence-corrected chi connectivity index (χ4v) is 3.20. The monoisotopic (exact) mass is 372 g/mol. The highest BCUT2D eigenvalue weighted by atomic mass is 35.5. The van der Waals surface area contributed by atoms with Crippen molar-refractivity contribution in [3.05, 3.63) is 17.5 Å². The van der Waals surface area contributed by atoms with Gasteiger partial charge in [0.1, 0.15) is 0 Å². The summed E-state index contributed by atoms with van der Waals surface area (Å²) in [4.78, 5) is 14.8. The molecule has 0 spiro atoms. The maximum absolute atomic E-state index is 12.9. The Labute approximate surface area is 157 Å². The SMILES string of the molecule is CCc1c(C(=O)N2CCC(OCCCN)CC2)cnn1C(C)(C)C.Cl. The number of ether oxygens (including phenoxy) is 1. The minimum absolute atomic E-state index is 0. The van der Waals surface area contributed by atoms with Crippen LogP contribution < -0.4 is 5.73 Å². The van der Waals surface area contributed by atoms with Crippen molar-refractivity contribution in [2.75, 3.05) is 26.2 Å². The van der Waals surface area contributed by atoms with Crippen molar-refractivity contribution >= 4 is 18.3 Å². The summed E-state index contributed by atoms with van der Waals surface area (Å²) in [6.45, 7) is 11.3. The molecule has 2 rings (SSSR count). The molecule has 1 amide bonds. The van der Waals surface area contributed by atoms with E-state index in [1.807, 2.05) is 9.58 Å². The minimum atomic E-state index is -0.117. The van der Waals surface area contributed by atoms with Crippen molar-refractivity contribution in [1.82, 2.24) is 14.7 Å². The summed E-state index contributed by atoms with van der Waals surface area (Å²) in [5.74, 6) is 0.0998. The van der Waals surface area contributed by atoms with Crippen LogP contribution >= 0.6 is 12.4 Å². The first-order valence-corrected chi connectivity index (χ1v) is 9.06. The van der Waals surface area contributed by atoms with Gasteiger partial charge < -0.3 is 15.4 Å². The number of nitrogens with two attached hydrogens (primary N) is 1. The van der Waals surface area contributed by atoms with Crippen LogP contribution in [0, 0.1) is 0 Å². The van der Waals surface area contributed by atoms with Crippen LogP contribution in [0.25, 0.3) is 0 Å². The van der Waals surface area contributed by atoms with Crippen LogP contribution in [0.5, 0.6) is 0 Å². The Balaban J connectivity index is 0.00000312. The van der Waals surface area contributed by atoms with Crippen LogP contribution in [-0.4, -0.2) is 52.9 Å². The molecule has 0 aliphatic carbocycles. The van der Waals surface area contributed by atoms with E-state index in [9.17, 15) is 4.79 Å². The molecule has 1 aliphatic heterocycles. The average Bonchev–Trinajstić information content (AvgIpc) is 2.99. The van der Waals surface area contributed by atoms with Crippen LogP contribution in [0.1, 0.15) is 63.0 Å². The summed E-state index contributed by atoms with van der Waals surface area (Å²) < 4.78 is 7.79. The molecule has 0 bridgehead atoms. The fraction of sp³-hybridized carbons (Fsp3) is 0.778. The zero-order chi connectivity index (χ0) is 17.7. The van der Waals surface area contributed by atoms with Gasteiger partial charge in [0.2, 0.25) is 0 Å². The topological polar surface area (TPSA) is 73.4 Å². The summed E-state index contributed by atoms with van der Waals surface area (Å²) in [5.41, 5.74) is 7.14. The third-order valence-corrected chi connectivity index (χ3v) is 4.50. The molecule has 0 unspecified atom stereocenters. The summed E-state index contributed by atoms with van der Waals surface area (Å²) in [6.07, 6.45) is 5.47. The minimum Gasteiger partial charge on any atom is -0.378 e. The summed E-state index contributed by atoms with van der Waals surface area (Å²) >= 11 is 0. The summed E-state index contributed by atoms with van der Waals surface area (Å²) in [7, 11) is 0. The lowest BCUT2D eigenvalue weighted by Crippen LogP contribution is -2.41. The number of nitrogens with zero attached hydrogens (tertiary/aromatic N) is 3. The van der Waals surface area contributed by atoms with E-state index in [1.165, 1.54) is 0 Å². The standard InChI is InChI=1S/C18H32N4O2.ClH/c1-5-16-15(13-20-22(16)18(2,3)4)17(23)21-10-7-14(8-11-21)24-12-6-9-19;/h13-14H,5-12,19H2,1-4H3;1H. The van der Waals surface area contributed by atoms with Crippen LogP contribution in [0.3, 0.4) is 0 Å². The van der Waals surface area contributed by atoms with Crippen molar-refractivity contribution in [3.63, 3.8) is 0 Å². The number of aromatic nitrogens is 2. The second-order valence-corrected chi connectivity index (χ2v) is 7.45. The van der Waals surface area contributed by atoms with Gasteiger partial charge in [0.05, 0.1) is 29.1 Å². The van der Waals surface area contributed by atoms with E-state index >= 15 is 0 Å². The van der Waals surface area contributed by atoms with E-state index < -0.39 is 0 Å². The van der Waals surface area contributed by atoms with Crippen molar-refractivity contribution in [2.45, 2.75) is 65.0 Å². The van der Waals surface area contributed by atoms with E-state index in [0.717, 1.165) is 50.0 Å². The Morgan fingerprint density at radius 2 is 2.00 bits per heavy atom. The molecule has 0 saturated carbocycles. The van der Waals surface area contributed by atoms with Gasteiger partial charge in [0, 0.05) is 19.7 Å². The van der Waals surface area contributed by atoms with Crippen LogP contribution in [0.2, 0.25) is 0 Å². The third-order valence-electron chi connectivity index (χ3n) is 4.50. The Bertz CT molecular complexity index is 546. The molecule has 6 nitrogen and oxygen atoms in total. The molecule has 2 N–H and O–H groups in total. The maximum atomic E-state index is 12.9. The van der Waals surface area contributed by atoms with Crippen molar-refractivity contribution in [1.29, 1.82) is 0 Å². The normalized spacial score (nSPS) is 16.0. The molecule has 1 aliphatic rings. The quantitative estimate of drug-likeness (QED) is 0.779. The smallest absolute Gasteiger partial charge is 0.257 e.